The lowest BCUT2D eigenvalue weighted by atomic mass is 10.1. The Morgan fingerprint density at radius 1 is 1.17 bits per heavy atom. The highest BCUT2D eigenvalue weighted by Crippen LogP contribution is 2.16. The van der Waals surface area contributed by atoms with Crippen LogP contribution < -0.4 is 10.6 Å². The minimum atomic E-state index is -0.241. The molecule has 3 aromatic rings. The summed E-state index contributed by atoms with van der Waals surface area (Å²) in [5.41, 5.74) is 1.60. The number of imidazole rings is 1. The molecule has 0 spiro atoms. The molecule has 1 amide bonds. The second-order valence-corrected chi connectivity index (χ2v) is 7.30. The van der Waals surface area contributed by atoms with Crippen molar-refractivity contribution < 1.29 is 4.79 Å². The first kappa shape index (κ1) is 21.8. The van der Waals surface area contributed by atoms with Crippen LogP contribution in [0.15, 0.2) is 30.3 Å². The molecule has 3 N–H and O–H groups in total. The highest BCUT2D eigenvalue weighted by atomic mass is 35.5. The number of H-pyrrole nitrogens is 1. The average molecular weight is 431 g/mol. The normalized spacial score (nSPS) is 10.9. The summed E-state index contributed by atoms with van der Waals surface area (Å²) in [6.45, 7) is 3.96. The van der Waals surface area contributed by atoms with Gasteiger partial charge in [-0.05, 0) is 46.9 Å². The molecule has 30 heavy (non-hydrogen) atoms. The molecule has 2 heterocycles. The van der Waals surface area contributed by atoms with Crippen LogP contribution in [0.3, 0.4) is 0 Å². The van der Waals surface area contributed by atoms with Crippen molar-refractivity contribution in [1.29, 1.82) is 0 Å². The van der Waals surface area contributed by atoms with Gasteiger partial charge in [-0.15, -0.1) is 5.10 Å². The zero-order chi connectivity index (χ0) is 21.2. The SMILES string of the molecule is CCCCNc1nc(Cl)[nH]c1C(=O)NCCCn1nnnc1CCc1ccccc1. The van der Waals surface area contributed by atoms with Gasteiger partial charge in [0.25, 0.3) is 5.91 Å². The van der Waals surface area contributed by atoms with Crippen LogP contribution >= 0.6 is 11.6 Å². The van der Waals surface area contributed by atoms with Crippen LogP contribution in [0.5, 0.6) is 0 Å². The third-order valence-electron chi connectivity index (χ3n) is 4.64. The number of aryl methyl sites for hydroxylation is 3. The van der Waals surface area contributed by atoms with Crippen LogP contribution in [0.25, 0.3) is 0 Å². The lowest BCUT2D eigenvalue weighted by Gasteiger charge is -2.08. The molecule has 0 aliphatic carbocycles. The molecule has 0 aliphatic rings. The highest BCUT2D eigenvalue weighted by molar-refractivity contribution is 6.28. The maximum Gasteiger partial charge on any atom is 0.271 e. The first-order chi connectivity index (χ1) is 14.7. The molecule has 0 fully saturated rings. The number of rotatable bonds is 12. The van der Waals surface area contributed by atoms with E-state index in [4.69, 9.17) is 11.6 Å². The molecule has 0 saturated heterocycles. The van der Waals surface area contributed by atoms with Crippen molar-refractivity contribution in [1.82, 2.24) is 35.5 Å². The van der Waals surface area contributed by atoms with Crippen molar-refractivity contribution in [3.63, 3.8) is 0 Å². The molecule has 2 aromatic heterocycles. The van der Waals surface area contributed by atoms with Crippen LogP contribution in [-0.4, -0.2) is 49.2 Å². The molecule has 0 atom stereocenters. The number of nitrogens with one attached hydrogen (secondary N) is 3. The third kappa shape index (κ3) is 6.28. The van der Waals surface area contributed by atoms with E-state index < -0.39 is 0 Å². The van der Waals surface area contributed by atoms with Gasteiger partial charge in [0.1, 0.15) is 5.69 Å². The quantitative estimate of drug-likeness (QED) is 0.381. The molecule has 160 valence electrons. The minimum absolute atomic E-state index is 0.191. The van der Waals surface area contributed by atoms with Crippen LogP contribution in [0.2, 0.25) is 5.28 Å². The molecule has 1 aromatic carbocycles. The Bertz CT molecular complexity index is 924. The van der Waals surface area contributed by atoms with Gasteiger partial charge >= 0.3 is 0 Å². The smallest absolute Gasteiger partial charge is 0.271 e. The topological polar surface area (TPSA) is 113 Å². The summed E-state index contributed by atoms with van der Waals surface area (Å²) in [7, 11) is 0. The number of hydrogen-bond acceptors (Lipinski definition) is 6. The van der Waals surface area contributed by atoms with Gasteiger partial charge in [0.2, 0.25) is 5.28 Å². The van der Waals surface area contributed by atoms with Crippen LogP contribution in [0.1, 0.15) is 48.1 Å². The maximum atomic E-state index is 12.5. The summed E-state index contributed by atoms with van der Waals surface area (Å²) >= 11 is 5.93. The number of nitrogens with zero attached hydrogens (tertiary/aromatic N) is 5. The lowest BCUT2D eigenvalue weighted by molar-refractivity contribution is 0.0949. The van der Waals surface area contributed by atoms with Crippen LogP contribution in [0.4, 0.5) is 5.82 Å². The van der Waals surface area contributed by atoms with Crippen molar-refractivity contribution in [3.05, 3.63) is 52.7 Å². The fraction of sp³-hybridized carbons (Fsp3) is 0.450. The number of aromatic amines is 1. The van der Waals surface area contributed by atoms with Crippen molar-refractivity contribution >= 4 is 23.3 Å². The number of carbonyl (C=O) groups is 1. The number of halogens is 1. The van der Waals surface area contributed by atoms with E-state index >= 15 is 0 Å². The van der Waals surface area contributed by atoms with E-state index in [1.807, 2.05) is 18.2 Å². The molecule has 0 unspecified atom stereocenters. The zero-order valence-electron chi connectivity index (χ0n) is 17.1. The largest absolute Gasteiger partial charge is 0.368 e. The number of carbonyl (C=O) groups excluding carboxylic acids is 1. The van der Waals surface area contributed by atoms with Gasteiger partial charge in [0.15, 0.2) is 11.6 Å². The standard InChI is InChI=1S/C20H27ClN8O/c1-2-3-12-22-18-17(24-20(21)25-18)19(30)23-13-7-14-29-16(26-27-28-29)11-10-15-8-5-4-6-9-15/h4-6,8-9,22H,2-3,7,10-14H2,1H3,(H,23,30)(H,24,25). The summed E-state index contributed by atoms with van der Waals surface area (Å²) in [6.07, 6.45) is 4.39. The van der Waals surface area contributed by atoms with Gasteiger partial charge in [0.05, 0.1) is 0 Å². The van der Waals surface area contributed by atoms with Gasteiger partial charge in [0, 0.05) is 26.1 Å². The number of aromatic nitrogens is 6. The summed E-state index contributed by atoms with van der Waals surface area (Å²) in [5.74, 6) is 1.08. The van der Waals surface area contributed by atoms with Gasteiger partial charge in [-0.2, -0.15) is 0 Å². The van der Waals surface area contributed by atoms with E-state index in [9.17, 15) is 4.79 Å². The average Bonchev–Trinajstić information content (AvgIpc) is 3.36. The number of benzene rings is 1. The molecule has 0 saturated carbocycles. The van der Waals surface area contributed by atoms with Crippen LogP contribution in [-0.2, 0) is 19.4 Å². The summed E-state index contributed by atoms with van der Waals surface area (Å²) < 4.78 is 1.79. The second kappa shape index (κ2) is 11.3. The molecule has 0 radical (unpaired) electrons. The van der Waals surface area contributed by atoms with E-state index in [0.29, 0.717) is 31.0 Å². The Hall–Kier alpha value is -2.94. The van der Waals surface area contributed by atoms with Crippen molar-refractivity contribution in [2.75, 3.05) is 18.4 Å². The predicted octanol–water partition coefficient (Wildman–Crippen LogP) is 2.87. The first-order valence-corrected chi connectivity index (χ1v) is 10.6. The fourth-order valence-electron chi connectivity index (χ4n) is 3.02. The van der Waals surface area contributed by atoms with E-state index in [1.54, 1.807) is 4.68 Å². The second-order valence-electron chi connectivity index (χ2n) is 6.94. The number of tetrazole rings is 1. The fourth-order valence-corrected chi connectivity index (χ4v) is 3.20. The lowest BCUT2D eigenvalue weighted by Crippen LogP contribution is -2.27. The number of anilines is 1. The van der Waals surface area contributed by atoms with Crippen molar-refractivity contribution in [2.45, 2.75) is 45.6 Å². The Morgan fingerprint density at radius 2 is 2.00 bits per heavy atom. The molecule has 9 nitrogen and oxygen atoms in total. The van der Waals surface area contributed by atoms with E-state index in [1.165, 1.54) is 5.56 Å². The van der Waals surface area contributed by atoms with E-state index in [0.717, 1.165) is 38.1 Å². The predicted molar refractivity (Wildman–Crippen MR) is 116 cm³/mol. The molecule has 0 bridgehead atoms. The molecular weight excluding hydrogens is 404 g/mol. The van der Waals surface area contributed by atoms with Gasteiger partial charge in [-0.25, -0.2) is 9.67 Å². The summed E-state index contributed by atoms with van der Waals surface area (Å²) in [4.78, 5) is 19.4. The van der Waals surface area contributed by atoms with Crippen LogP contribution in [0, 0.1) is 0 Å². The molecule has 0 aliphatic heterocycles. The number of amides is 1. The van der Waals surface area contributed by atoms with E-state index in [-0.39, 0.29) is 11.2 Å². The minimum Gasteiger partial charge on any atom is -0.368 e. The summed E-state index contributed by atoms with van der Waals surface area (Å²) in [5, 5.41) is 18.2. The Kier molecular flexibility index (Phi) is 8.20. The molecule has 10 heteroatoms. The van der Waals surface area contributed by atoms with Gasteiger partial charge in [-0.3, -0.25) is 4.79 Å². The van der Waals surface area contributed by atoms with E-state index in [2.05, 4.69) is 55.2 Å². The van der Waals surface area contributed by atoms with Crippen molar-refractivity contribution in [2.24, 2.45) is 0 Å². The highest BCUT2D eigenvalue weighted by Gasteiger charge is 2.16. The molecule has 3 rings (SSSR count). The monoisotopic (exact) mass is 430 g/mol. The Balaban J connectivity index is 1.44. The molecular formula is C20H27ClN8O. The Labute approximate surface area is 180 Å². The number of hydrogen-bond donors (Lipinski definition) is 3. The van der Waals surface area contributed by atoms with Gasteiger partial charge in [-0.1, -0.05) is 43.7 Å². The number of unbranched alkanes of at least 4 members (excludes halogenated alkanes) is 1. The summed E-state index contributed by atoms with van der Waals surface area (Å²) in [6, 6.07) is 10.2. The van der Waals surface area contributed by atoms with Gasteiger partial charge < -0.3 is 15.6 Å². The zero-order valence-corrected chi connectivity index (χ0v) is 17.8. The maximum absolute atomic E-state index is 12.5. The first-order valence-electron chi connectivity index (χ1n) is 10.2. The Morgan fingerprint density at radius 3 is 2.80 bits per heavy atom. The van der Waals surface area contributed by atoms with Crippen molar-refractivity contribution in [3.8, 4) is 0 Å². The third-order valence-corrected chi connectivity index (χ3v) is 4.82.